The molecule has 1 N–H and O–H groups in total. The summed E-state index contributed by atoms with van der Waals surface area (Å²) in [5, 5.41) is 2.92. The van der Waals surface area contributed by atoms with Crippen molar-refractivity contribution in [3.05, 3.63) is 29.8 Å². The molecule has 4 heteroatoms. The Balaban J connectivity index is 2.65. The van der Waals surface area contributed by atoms with Crippen molar-refractivity contribution in [1.82, 2.24) is 5.32 Å². The summed E-state index contributed by atoms with van der Waals surface area (Å²) < 4.78 is 0. The lowest BCUT2D eigenvalue weighted by molar-refractivity contribution is -0.121. The number of anilines is 1. The molecule has 0 aliphatic rings. The van der Waals surface area contributed by atoms with E-state index in [2.05, 4.69) is 12.2 Å². The molecule has 1 unspecified atom stereocenters. The molecule has 1 rings (SSSR count). The molecule has 1 atom stereocenters. The van der Waals surface area contributed by atoms with Crippen LogP contribution in [-0.4, -0.2) is 24.4 Å². The molecule has 0 radical (unpaired) electrons. The lowest BCUT2D eigenvalue weighted by atomic mass is 10.1. The molecule has 0 bridgehead atoms. The van der Waals surface area contributed by atoms with Crippen LogP contribution in [-0.2, 0) is 16.0 Å². The van der Waals surface area contributed by atoms with E-state index in [0.29, 0.717) is 13.0 Å². The van der Waals surface area contributed by atoms with E-state index in [0.717, 1.165) is 18.5 Å². The first kappa shape index (κ1) is 17.2. The monoisotopic (exact) mass is 290 g/mol. The van der Waals surface area contributed by atoms with Crippen molar-refractivity contribution in [3.8, 4) is 0 Å². The van der Waals surface area contributed by atoms with Crippen LogP contribution in [0, 0.1) is 0 Å². The smallest absolute Gasteiger partial charge is 0.223 e. The zero-order valence-electron chi connectivity index (χ0n) is 13.5. The summed E-state index contributed by atoms with van der Waals surface area (Å²) in [7, 11) is 0. The molecule has 0 fully saturated rings. The number of benzene rings is 1. The molecule has 2 amide bonds. The van der Waals surface area contributed by atoms with Gasteiger partial charge in [-0.1, -0.05) is 26.0 Å². The Kier molecular flexibility index (Phi) is 6.92. The first-order valence-electron chi connectivity index (χ1n) is 7.64. The normalized spacial score (nSPS) is 11.8. The second-order valence-corrected chi connectivity index (χ2v) is 5.32. The topological polar surface area (TPSA) is 49.4 Å². The van der Waals surface area contributed by atoms with Crippen molar-refractivity contribution in [1.29, 1.82) is 0 Å². The summed E-state index contributed by atoms with van der Waals surface area (Å²) in [5.41, 5.74) is 2.08. The third kappa shape index (κ3) is 5.58. The number of rotatable bonds is 7. The van der Waals surface area contributed by atoms with E-state index in [1.807, 2.05) is 38.1 Å². The Labute approximate surface area is 127 Å². The number of carbonyl (C=O) groups is 2. The van der Waals surface area contributed by atoms with Gasteiger partial charge in [-0.25, -0.2) is 0 Å². The molecule has 0 saturated heterocycles. The Morgan fingerprint density at radius 3 is 2.29 bits per heavy atom. The zero-order valence-corrected chi connectivity index (χ0v) is 13.5. The van der Waals surface area contributed by atoms with E-state index in [9.17, 15) is 9.59 Å². The van der Waals surface area contributed by atoms with Gasteiger partial charge in [-0.05, 0) is 37.5 Å². The average molecular weight is 290 g/mol. The van der Waals surface area contributed by atoms with Crippen LogP contribution in [0.25, 0.3) is 0 Å². The molecular formula is C17H26N2O2. The van der Waals surface area contributed by atoms with E-state index in [4.69, 9.17) is 0 Å². The van der Waals surface area contributed by atoms with Crippen LogP contribution < -0.4 is 10.2 Å². The van der Waals surface area contributed by atoms with Gasteiger partial charge >= 0.3 is 0 Å². The minimum atomic E-state index is -0.0458. The van der Waals surface area contributed by atoms with Gasteiger partial charge in [0.25, 0.3) is 0 Å². The number of carbonyl (C=O) groups excluding carboxylic acids is 2. The summed E-state index contributed by atoms with van der Waals surface area (Å²) in [6.07, 6.45) is 2.19. The van der Waals surface area contributed by atoms with Crippen LogP contribution in [0.3, 0.4) is 0 Å². The van der Waals surface area contributed by atoms with Gasteiger partial charge < -0.3 is 10.2 Å². The Hall–Kier alpha value is -1.84. The summed E-state index contributed by atoms with van der Waals surface area (Å²) in [6, 6.07) is 8.08. The zero-order chi connectivity index (χ0) is 15.8. The maximum absolute atomic E-state index is 11.8. The first-order valence-corrected chi connectivity index (χ1v) is 7.64. The fourth-order valence-electron chi connectivity index (χ4n) is 2.04. The van der Waals surface area contributed by atoms with E-state index in [-0.39, 0.29) is 17.9 Å². The number of hydrogen-bond donors (Lipinski definition) is 1. The van der Waals surface area contributed by atoms with Crippen LogP contribution in [0.2, 0.25) is 0 Å². The quantitative estimate of drug-likeness (QED) is 0.839. The van der Waals surface area contributed by atoms with Crippen molar-refractivity contribution < 1.29 is 9.59 Å². The number of nitrogens with zero attached hydrogens (tertiary/aromatic N) is 1. The predicted molar refractivity (Wildman–Crippen MR) is 86.4 cm³/mol. The van der Waals surface area contributed by atoms with Crippen molar-refractivity contribution in [2.24, 2.45) is 0 Å². The Bertz CT molecular complexity index is 468. The molecule has 1 aromatic rings. The maximum Gasteiger partial charge on any atom is 0.223 e. The maximum atomic E-state index is 11.8. The lowest BCUT2D eigenvalue weighted by Gasteiger charge is -2.21. The Morgan fingerprint density at radius 1 is 1.19 bits per heavy atom. The van der Waals surface area contributed by atoms with Crippen molar-refractivity contribution in [2.75, 3.05) is 11.4 Å². The van der Waals surface area contributed by atoms with Crippen LogP contribution >= 0.6 is 0 Å². The fourth-order valence-corrected chi connectivity index (χ4v) is 2.04. The van der Waals surface area contributed by atoms with Crippen molar-refractivity contribution in [2.45, 2.75) is 53.0 Å². The molecule has 0 heterocycles. The summed E-state index contributed by atoms with van der Waals surface area (Å²) >= 11 is 0. The molecule has 0 aliphatic heterocycles. The second-order valence-electron chi connectivity index (χ2n) is 5.32. The van der Waals surface area contributed by atoms with Gasteiger partial charge in [0.15, 0.2) is 0 Å². The summed E-state index contributed by atoms with van der Waals surface area (Å²) in [6.45, 7) is 8.03. The van der Waals surface area contributed by atoms with E-state index in [1.54, 1.807) is 4.90 Å². The molecule has 1 aromatic carbocycles. The van der Waals surface area contributed by atoms with Gasteiger partial charge in [-0.15, -0.1) is 0 Å². The van der Waals surface area contributed by atoms with E-state index >= 15 is 0 Å². The fraction of sp³-hybridized carbons (Fsp3) is 0.529. The highest BCUT2D eigenvalue weighted by atomic mass is 16.2. The molecule has 0 spiro atoms. The summed E-state index contributed by atoms with van der Waals surface area (Å²) in [4.78, 5) is 25.3. The van der Waals surface area contributed by atoms with Gasteiger partial charge in [-0.3, -0.25) is 9.59 Å². The van der Waals surface area contributed by atoms with Gasteiger partial charge in [0.05, 0.1) is 0 Å². The largest absolute Gasteiger partial charge is 0.354 e. The Morgan fingerprint density at radius 2 is 1.81 bits per heavy atom. The number of nitrogens with one attached hydrogen (secondary N) is 1. The number of amides is 2. The minimum Gasteiger partial charge on any atom is -0.354 e. The molecule has 4 nitrogen and oxygen atoms in total. The molecule has 0 aromatic heterocycles. The van der Waals surface area contributed by atoms with E-state index < -0.39 is 0 Å². The molecule has 21 heavy (non-hydrogen) atoms. The molecular weight excluding hydrogens is 264 g/mol. The standard InChI is InChI=1S/C17H26N2O2/c1-5-13(3)18-17(21)11-12-19(14(4)20)16-9-7-15(6-2)8-10-16/h7-10,13H,5-6,11-12H2,1-4H3,(H,18,21). The molecule has 0 aliphatic carbocycles. The van der Waals surface area contributed by atoms with Crippen LogP contribution in [0.4, 0.5) is 5.69 Å². The molecule has 0 saturated carbocycles. The highest BCUT2D eigenvalue weighted by molar-refractivity contribution is 5.92. The van der Waals surface area contributed by atoms with Crippen LogP contribution in [0.1, 0.15) is 46.1 Å². The SMILES string of the molecule is CCc1ccc(N(CCC(=O)NC(C)CC)C(C)=O)cc1. The third-order valence-electron chi connectivity index (χ3n) is 3.62. The third-order valence-corrected chi connectivity index (χ3v) is 3.62. The van der Waals surface area contributed by atoms with Gasteiger partial charge in [0, 0.05) is 31.6 Å². The van der Waals surface area contributed by atoms with E-state index in [1.165, 1.54) is 12.5 Å². The minimum absolute atomic E-state index is 0.0132. The highest BCUT2D eigenvalue weighted by Gasteiger charge is 2.14. The first-order chi connectivity index (χ1) is 9.97. The number of aryl methyl sites for hydroxylation is 1. The lowest BCUT2D eigenvalue weighted by Crippen LogP contribution is -2.36. The van der Waals surface area contributed by atoms with Crippen LogP contribution in [0.15, 0.2) is 24.3 Å². The van der Waals surface area contributed by atoms with Gasteiger partial charge in [-0.2, -0.15) is 0 Å². The van der Waals surface area contributed by atoms with Crippen LogP contribution in [0.5, 0.6) is 0 Å². The van der Waals surface area contributed by atoms with Gasteiger partial charge in [0.1, 0.15) is 0 Å². The van der Waals surface area contributed by atoms with Gasteiger partial charge in [0.2, 0.25) is 11.8 Å². The molecule has 116 valence electrons. The summed E-state index contributed by atoms with van der Waals surface area (Å²) in [5.74, 6) is -0.0589. The highest BCUT2D eigenvalue weighted by Crippen LogP contribution is 2.16. The number of hydrogen-bond acceptors (Lipinski definition) is 2. The van der Waals surface area contributed by atoms with Crippen molar-refractivity contribution in [3.63, 3.8) is 0 Å². The predicted octanol–water partition coefficient (Wildman–Crippen LogP) is 2.91. The second kappa shape index (κ2) is 8.45. The average Bonchev–Trinajstić information content (AvgIpc) is 2.47. The van der Waals surface area contributed by atoms with Crippen molar-refractivity contribution >= 4 is 17.5 Å².